The molecule has 2 aromatic rings. The van der Waals surface area contributed by atoms with E-state index in [0.29, 0.717) is 27.2 Å². The van der Waals surface area contributed by atoms with Gasteiger partial charge in [0.2, 0.25) is 0 Å². The van der Waals surface area contributed by atoms with Crippen LogP contribution in [0.5, 0.6) is 0 Å². The number of aliphatic hydroxyl groups is 1. The number of rotatable bonds is 3. The van der Waals surface area contributed by atoms with Gasteiger partial charge in [0.15, 0.2) is 0 Å². The summed E-state index contributed by atoms with van der Waals surface area (Å²) < 4.78 is 1.75. The van der Waals surface area contributed by atoms with Crippen molar-refractivity contribution in [2.45, 2.75) is 19.1 Å². The quantitative estimate of drug-likeness (QED) is 0.938. The SMILES string of the molecule is CC(O)(Cn1ccnc1)c1c(Cl)cc(Cl)cc1Cl. The average molecular weight is 306 g/mol. The van der Waals surface area contributed by atoms with Gasteiger partial charge in [0, 0.05) is 33.0 Å². The van der Waals surface area contributed by atoms with E-state index in [1.54, 1.807) is 42.3 Å². The second-order valence-corrected chi connectivity index (χ2v) is 5.50. The monoisotopic (exact) mass is 304 g/mol. The third-order valence-electron chi connectivity index (χ3n) is 2.60. The number of halogens is 3. The lowest BCUT2D eigenvalue weighted by Gasteiger charge is -2.26. The van der Waals surface area contributed by atoms with E-state index in [0.717, 1.165) is 0 Å². The molecule has 0 saturated carbocycles. The zero-order valence-electron chi connectivity index (χ0n) is 9.57. The molecule has 3 nitrogen and oxygen atoms in total. The lowest BCUT2D eigenvalue weighted by molar-refractivity contribution is 0.0385. The van der Waals surface area contributed by atoms with Gasteiger partial charge < -0.3 is 9.67 Å². The van der Waals surface area contributed by atoms with Crippen LogP contribution in [0.15, 0.2) is 30.9 Å². The summed E-state index contributed by atoms with van der Waals surface area (Å²) in [5, 5.41) is 11.7. The average Bonchev–Trinajstić information content (AvgIpc) is 2.66. The maximum atomic E-state index is 10.5. The number of nitrogens with zero attached hydrogens (tertiary/aromatic N) is 2. The summed E-state index contributed by atoms with van der Waals surface area (Å²) in [5.74, 6) is 0. The largest absolute Gasteiger partial charge is 0.383 e. The molecule has 0 radical (unpaired) electrons. The second kappa shape index (κ2) is 5.10. The zero-order valence-corrected chi connectivity index (χ0v) is 11.8. The molecule has 0 aliphatic heterocycles. The number of imidazole rings is 1. The molecular formula is C12H11Cl3N2O. The summed E-state index contributed by atoms with van der Waals surface area (Å²) >= 11 is 18.1. The second-order valence-electron chi connectivity index (χ2n) is 4.25. The third kappa shape index (κ3) is 2.81. The molecule has 1 aromatic heterocycles. The smallest absolute Gasteiger partial charge is 0.108 e. The number of benzene rings is 1. The van der Waals surface area contributed by atoms with Gasteiger partial charge in [0.1, 0.15) is 5.60 Å². The van der Waals surface area contributed by atoms with Crippen molar-refractivity contribution in [1.29, 1.82) is 0 Å². The highest BCUT2D eigenvalue weighted by atomic mass is 35.5. The van der Waals surface area contributed by atoms with Gasteiger partial charge in [0.25, 0.3) is 0 Å². The van der Waals surface area contributed by atoms with E-state index in [1.807, 2.05) is 0 Å². The van der Waals surface area contributed by atoms with Gasteiger partial charge in [-0.15, -0.1) is 0 Å². The van der Waals surface area contributed by atoms with Crippen LogP contribution >= 0.6 is 34.8 Å². The van der Waals surface area contributed by atoms with Gasteiger partial charge >= 0.3 is 0 Å². The summed E-state index contributed by atoms with van der Waals surface area (Å²) in [5.41, 5.74) is -0.747. The molecule has 1 aromatic carbocycles. The predicted octanol–water partition coefficient (Wildman–Crippen LogP) is 3.75. The first-order chi connectivity index (χ1) is 8.40. The van der Waals surface area contributed by atoms with Gasteiger partial charge in [-0.05, 0) is 19.1 Å². The van der Waals surface area contributed by atoms with Crippen molar-refractivity contribution < 1.29 is 5.11 Å². The van der Waals surface area contributed by atoms with Crippen molar-refractivity contribution in [3.05, 3.63) is 51.5 Å². The molecule has 6 heteroatoms. The summed E-state index contributed by atoms with van der Waals surface area (Å²) in [6.07, 6.45) is 5.01. The molecule has 0 spiro atoms. The fourth-order valence-corrected chi connectivity index (χ4v) is 3.10. The lowest BCUT2D eigenvalue weighted by atomic mass is 9.95. The molecule has 0 aliphatic carbocycles. The Morgan fingerprint density at radius 3 is 2.39 bits per heavy atom. The molecule has 0 saturated heterocycles. The van der Waals surface area contributed by atoms with Crippen molar-refractivity contribution >= 4 is 34.8 Å². The van der Waals surface area contributed by atoms with E-state index in [-0.39, 0.29) is 0 Å². The first-order valence-corrected chi connectivity index (χ1v) is 6.37. The van der Waals surface area contributed by atoms with Crippen LogP contribution in [0.4, 0.5) is 0 Å². The van der Waals surface area contributed by atoms with Crippen LogP contribution in [0.3, 0.4) is 0 Å². The van der Waals surface area contributed by atoms with Crippen molar-refractivity contribution in [3.8, 4) is 0 Å². The van der Waals surface area contributed by atoms with E-state index < -0.39 is 5.60 Å². The topological polar surface area (TPSA) is 38.0 Å². The number of aromatic nitrogens is 2. The van der Waals surface area contributed by atoms with Crippen LogP contribution in [-0.4, -0.2) is 14.7 Å². The van der Waals surface area contributed by atoms with Crippen molar-refractivity contribution in [2.24, 2.45) is 0 Å². The Hall–Kier alpha value is -0.740. The minimum absolute atomic E-state index is 0.300. The Morgan fingerprint density at radius 2 is 1.89 bits per heavy atom. The van der Waals surface area contributed by atoms with Gasteiger partial charge in [-0.1, -0.05) is 34.8 Å². The summed E-state index contributed by atoms with van der Waals surface area (Å²) in [6, 6.07) is 3.12. The fourth-order valence-electron chi connectivity index (χ4n) is 1.87. The fraction of sp³-hybridized carbons (Fsp3) is 0.250. The Kier molecular flexibility index (Phi) is 3.87. The van der Waals surface area contributed by atoms with Crippen LogP contribution < -0.4 is 0 Å². The molecule has 0 aliphatic rings. The highest BCUT2D eigenvalue weighted by molar-refractivity contribution is 6.39. The molecule has 0 bridgehead atoms. The Balaban J connectivity index is 2.40. The van der Waals surface area contributed by atoms with Gasteiger partial charge in [0.05, 0.1) is 12.9 Å². The minimum atomic E-state index is -1.21. The van der Waals surface area contributed by atoms with E-state index in [2.05, 4.69) is 4.98 Å². The zero-order chi connectivity index (χ0) is 13.3. The molecule has 96 valence electrons. The Labute approximate surface area is 120 Å². The third-order valence-corrected chi connectivity index (χ3v) is 3.41. The van der Waals surface area contributed by atoms with Crippen molar-refractivity contribution in [2.75, 3.05) is 0 Å². The molecule has 18 heavy (non-hydrogen) atoms. The standard InChI is InChI=1S/C12H11Cl3N2O/c1-12(18,6-17-3-2-16-7-17)11-9(14)4-8(13)5-10(11)15/h2-5,7,18H,6H2,1H3. The van der Waals surface area contributed by atoms with Gasteiger partial charge in [-0.25, -0.2) is 4.98 Å². The minimum Gasteiger partial charge on any atom is -0.383 e. The Bertz CT molecular complexity index is 529. The summed E-state index contributed by atoms with van der Waals surface area (Å²) in [6.45, 7) is 1.95. The highest BCUT2D eigenvalue weighted by Gasteiger charge is 2.29. The van der Waals surface area contributed by atoms with Crippen LogP contribution in [0.1, 0.15) is 12.5 Å². The van der Waals surface area contributed by atoms with E-state index in [1.165, 1.54) is 0 Å². The molecule has 1 heterocycles. The van der Waals surface area contributed by atoms with E-state index in [9.17, 15) is 5.11 Å². The van der Waals surface area contributed by atoms with E-state index >= 15 is 0 Å². The normalized spacial score (nSPS) is 14.5. The molecular weight excluding hydrogens is 295 g/mol. The number of hydrogen-bond acceptors (Lipinski definition) is 2. The lowest BCUT2D eigenvalue weighted by Crippen LogP contribution is -2.28. The van der Waals surface area contributed by atoms with Crippen molar-refractivity contribution in [3.63, 3.8) is 0 Å². The van der Waals surface area contributed by atoms with Crippen LogP contribution in [0.25, 0.3) is 0 Å². The summed E-state index contributed by atoms with van der Waals surface area (Å²) in [7, 11) is 0. The van der Waals surface area contributed by atoms with Crippen LogP contribution in [-0.2, 0) is 12.1 Å². The first-order valence-electron chi connectivity index (χ1n) is 5.23. The maximum Gasteiger partial charge on any atom is 0.108 e. The van der Waals surface area contributed by atoms with Gasteiger partial charge in [-0.2, -0.15) is 0 Å². The maximum absolute atomic E-state index is 10.5. The molecule has 1 unspecified atom stereocenters. The van der Waals surface area contributed by atoms with Crippen LogP contribution in [0.2, 0.25) is 15.1 Å². The van der Waals surface area contributed by atoms with E-state index in [4.69, 9.17) is 34.8 Å². The molecule has 0 fully saturated rings. The molecule has 1 N–H and O–H groups in total. The Morgan fingerprint density at radius 1 is 1.28 bits per heavy atom. The van der Waals surface area contributed by atoms with Crippen LogP contribution in [0, 0.1) is 0 Å². The van der Waals surface area contributed by atoms with Gasteiger partial charge in [-0.3, -0.25) is 0 Å². The molecule has 2 rings (SSSR count). The summed E-state index contributed by atoms with van der Waals surface area (Å²) in [4.78, 5) is 3.92. The molecule has 1 atom stereocenters. The first kappa shape index (κ1) is 13.7. The molecule has 0 amide bonds. The highest BCUT2D eigenvalue weighted by Crippen LogP contribution is 2.37. The van der Waals surface area contributed by atoms with Crippen molar-refractivity contribution in [1.82, 2.24) is 9.55 Å². The predicted molar refractivity (Wildman–Crippen MR) is 73.3 cm³/mol. The number of hydrogen-bond donors (Lipinski definition) is 1.